The van der Waals surface area contributed by atoms with E-state index in [1.807, 2.05) is 34.9 Å². The van der Waals surface area contributed by atoms with E-state index >= 15 is 0 Å². The quantitative estimate of drug-likeness (QED) is 0.883. The molecular formula is C15H17N3O2. The number of pyridine rings is 1. The first-order valence-electron chi connectivity index (χ1n) is 6.82. The number of hydrogen-bond donors (Lipinski definition) is 2. The van der Waals surface area contributed by atoms with Crippen LogP contribution in [0, 0.1) is 5.92 Å². The normalized spacial score (nSPS) is 22.0. The summed E-state index contributed by atoms with van der Waals surface area (Å²) in [5, 5.41) is 2.93. The molecule has 0 radical (unpaired) electrons. The first kappa shape index (κ1) is 12.7. The van der Waals surface area contributed by atoms with Crippen LogP contribution in [0.25, 0.3) is 5.52 Å². The highest BCUT2D eigenvalue weighted by Gasteiger charge is 2.32. The van der Waals surface area contributed by atoms with Gasteiger partial charge in [-0.15, -0.1) is 0 Å². The Hall–Kier alpha value is -2.30. The van der Waals surface area contributed by atoms with Crippen molar-refractivity contribution in [2.75, 3.05) is 0 Å². The van der Waals surface area contributed by atoms with Gasteiger partial charge in [0.15, 0.2) is 0 Å². The maximum absolute atomic E-state index is 12.3. The Morgan fingerprint density at radius 1 is 1.30 bits per heavy atom. The molecule has 0 spiro atoms. The number of hydrogen-bond acceptors (Lipinski definition) is 2. The van der Waals surface area contributed by atoms with Crippen molar-refractivity contribution in [2.24, 2.45) is 11.7 Å². The van der Waals surface area contributed by atoms with Crippen LogP contribution in [0.4, 0.5) is 0 Å². The average Bonchev–Trinajstić information content (AvgIpc) is 3.03. The second kappa shape index (κ2) is 5.00. The molecule has 0 saturated heterocycles. The molecule has 1 saturated carbocycles. The molecular weight excluding hydrogens is 254 g/mol. The number of nitrogens with two attached hydrogens (primary N) is 1. The van der Waals surface area contributed by atoms with Gasteiger partial charge in [0.1, 0.15) is 0 Å². The molecule has 3 N–H and O–H groups in total. The van der Waals surface area contributed by atoms with Gasteiger partial charge in [0.2, 0.25) is 5.91 Å². The fourth-order valence-electron chi connectivity index (χ4n) is 2.90. The zero-order valence-electron chi connectivity index (χ0n) is 11.1. The zero-order valence-corrected chi connectivity index (χ0v) is 11.1. The van der Waals surface area contributed by atoms with Crippen molar-refractivity contribution in [3.63, 3.8) is 0 Å². The standard InChI is InChI=1S/C15H17N3O2/c16-14(19)12-5-3-6-13(12)17-15(20)10-8-11-4-1-2-7-18(11)9-10/h1-2,4,7-9,12-13H,3,5-6H2,(H2,16,19)(H,17,20)/t12-,13-/m1/s1. The SMILES string of the molecule is NC(=O)[C@@H]1CCC[C@H]1NC(=O)c1cc2ccccn2c1. The van der Waals surface area contributed by atoms with Crippen LogP contribution < -0.4 is 11.1 Å². The number of fused-ring (bicyclic) bond motifs is 1. The summed E-state index contributed by atoms with van der Waals surface area (Å²) in [5.74, 6) is -0.710. The molecule has 5 heteroatoms. The van der Waals surface area contributed by atoms with E-state index in [1.54, 1.807) is 6.20 Å². The summed E-state index contributed by atoms with van der Waals surface area (Å²) in [6.45, 7) is 0. The molecule has 0 aromatic carbocycles. The monoisotopic (exact) mass is 271 g/mol. The van der Waals surface area contributed by atoms with Gasteiger partial charge in [-0.3, -0.25) is 9.59 Å². The van der Waals surface area contributed by atoms with Crippen LogP contribution in [-0.2, 0) is 4.79 Å². The number of nitrogens with zero attached hydrogens (tertiary/aromatic N) is 1. The van der Waals surface area contributed by atoms with Crippen molar-refractivity contribution in [2.45, 2.75) is 25.3 Å². The summed E-state index contributed by atoms with van der Waals surface area (Å²) in [5.41, 5.74) is 6.94. The Balaban J connectivity index is 1.77. The Morgan fingerprint density at radius 3 is 2.90 bits per heavy atom. The first-order chi connectivity index (χ1) is 9.65. The molecule has 0 aliphatic heterocycles. The van der Waals surface area contributed by atoms with E-state index < -0.39 is 0 Å². The second-order valence-electron chi connectivity index (χ2n) is 5.28. The molecule has 5 nitrogen and oxygen atoms in total. The topological polar surface area (TPSA) is 76.6 Å². The molecule has 20 heavy (non-hydrogen) atoms. The molecule has 2 heterocycles. The van der Waals surface area contributed by atoms with Gasteiger partial charge in [0.25, 0.3) is 5.91 Å². The van der Waals surface area contributed by atoms with Crippen molar-refractivity contribution < 1.29 is 9.59 Å². The fraction of sp³-hybridized carbons (Fsp3) is 0.333. The van der Waals surface area contributed by atoms with Gasteiger partial charge in [-0.2, -0.15) is 0 Å². The predicted molar refractivity (Wildman–Crippen MR) is 75.2 cm³/mol. The van der Waals surface area contributed by atoms with E-state index in [-0.39, 0.29) is 23.8 Å². The minimum absolute atomic E-state index is 0.136. The largest absolute Gasteiger partial charge is 0.369 e. The van der Waals surface area contributed by atoms with Gasteiger partial charge in [0, 0.05) is 24.0 Å². The number of amides is 2. The highest BCUT2D eigenvalue weighted by Crippen LogP contribution is 2.25. The lowest BCUT2D eigenvalue weighted by molar-refractivity contribution is -0.122. The van der Waals surface area contributed by atoms with Crippen molar-refractivity contribution in [3.05, 3.63) is 42.2 Å². The van der Waals surface area contributed by atoms with Crippen LogP contribution in [0.15, 0.2) is 36.7 Å². The number of carbonyl (C=O) groups excluding carboxylic acids is 2. The number of nitrogens with one attached hydrogen (secondary N) is 1. The van der Waals surface area contributed by atoms with Gasteiger partial charge in [-0.25, -0.2) is 0 Å². The van der Waals surface area contributed by atoms with Crippen LogP contribution in [0.3, 0.4) is 0 Å². The Kier molecular flexibility index (Phi) is 3.18. The summed E-state index contributed by atoms with van der Waals surface area (Å²) < 4.78 is 1.90. The Bertz CT molecular complexity index is 629. The maximum atomic E-state index is 12.3. The van der Waals surface area contributed by atoms with Crippen molar-refractivity contribution in [1.29, 1.82) is 0 Å². The third kappa shape index (κ3) is 2.27. The van der Waals surface area contributed by atoms with E-state index in [4.69, 9.17) is 5.73 Å². The molecule has 0 unspecified atom stereocenters. The molecule has 2 aromatic heterocycles. The van der Waals surface area contributed by atoms with Gasteiger partial charge >= 0.3 is 0 Å². The highest BCUT2D eigenvalue weighted by atomic mass is 16.2. The molecule has 2 aromatic rings. The van der Waals surface area contributed by atoms with E-state index in [1.165, 1.54) is 0 Å². The molecule has 3 rings (SSSR count). The second-order valence-corrected chi connectivity index (χ2v) is 5.28. The van der Waals surface area contributed by atoms with Crippen molar-refractivity contribution in [3.8, 4) is 0 Å². The van der Waals surface area contributed by atoms with Gasteiger partial charge in [-0.05, 0) is 31.0 Å². The minimum atomic E-state index is -0.324. The third-order valence-corrected chi connectivity index (χ3v) is 3.96. The lowest BCUT2D eigenvalue weighted by Gasteiger charge is -2.17. The molecule has 2 amide bonds. The van der Waals surface area contributed by atoms with Crippen LogP contribution in [0.2, 0.25) is 0 Å². The first-order valence-corrected chi connectivity index (χ1v) is 6.82. The smallest absolute Gasteiger partial charge is 0.253 e. The van der Waals surface area contributed by atoms with Crippen molar-refractivity contribution in [1.82, 2.24) is 9.72 Å². The van der Waals surface area contributed by atoms with Crippen molar-refractivity contribution >= 4 is 17.3 Å². The van der Waals surface area contributed by atoms with Crippen LogP contribution in [0.1, 0.15) is 29.6 Å². The fourth-order valence-corrected chi connectivity index (χ4v) is 2.90. The third-order valence-electron chi connectivity index (χ3n) is 3.96. The number of carbonyl (C=O) groups is 2. The van der Waals surface area contributed by atoms with Gasteiger partial charge in [0.05, 0.1) is 11.5 Å². The molecule has 1 aliphatic carbocycles. The lowest BCUT2D eigenvalue weighted by Crippen LogP contribution is -2.42. The number of primary amides is 1. The van der Waals surface area contributed by atoms with Crippen LogP contribution in [0.5, 0.6) is 0 Å². The molecule has 1 fully saturated rings. The average molecular weight is 271 g/mol. The van der Waals surface area contributed by atoms with E-state index in [2.05, 4.69) is 5.32 Å². The highest BCUT2D eigenvalue weighted by molar-refractivity contribution is 5.96. The summed E-state index contributed by atoms with van der Waals surface area (Å²) in [7, 11) is 0. The Morgan fingerprint density at radius 2 is 2.15 bits per heavy atom. The van der Waals surface area contributed by atoms with E-state index in [9.17, 15) is 9.59 Å². The maximum Gasteiger partial charge on any atom is 0.253 e. The summed E-state index contributed by atoms with van der Waals surface area (Å²) in [4.78, 5) is 23.6. The van der Waals surface area contributed by atoms with Gasteiger partial charge < -0.3 is 15.5 Å². The molecule has 1 aliphatic rings. The molecule has 0 bridgehead atoms. The summed E-state index contributed by atoms with van der Waals surface area (Å²) >= 11 is 0. The van der Waals surface area contributed by atoms with E-state index in [0.29, 0.717) is 5.56 Å². The van der Waals surface area contributed by atoms with E-state index in [0.717, 1.165) is 24.8 Å². The zero-order chi connectivity index (χ0) is 14.1. The van der Waals surface area contributed by atoms with Crippen LogP contribution in [-0.4, -0.2) is 22.3 Å². The Labute approximate surface area is 116 Å². The minimum Gasteiger partial charge on any atom is -0.369 e. The predicted octanol–water partition coefficient (Wildman–Crippen LogP) is 1.32. The van der Waals surface area contributed by atoms with Gasteiger partial charge in [-0.1, -0.05) is 12.5 Å². The summed E-state index contributed by atoms with van der Waals surface area (Å²) in [6, 6.07) is 7.48. The van der Waals surface area contributed by atoms with Crippen LogP contribution >= 0.6 is 0 Å². The number of rotatable bonds is 3. The lowest BCUT2D eigenvalue weighted by atomic mass is 10.0. The summed E-state index contributed by atoms with van der Waals surface area (Å²) in [6.07, 6.45) is 6.19. The number of aromatic nitrogens is 1. The molecule has 2 atom stereocenters. The molecule has 104 valence electrons.